The zero-order chi connectivity index (χ0) is 25.0. The Balaban J connectivity index is 1.96. The van der Waals surface area contributed by atoms with Crippen LogP contribution in [0.25, 0.3) is 11.1 Å². The highest BCUT2D eigenvalue weighted by Gasteiger charge is 2.24. The fraction of sp³-hybridized carbons (Fsp3) is 0.154. The SMILES string of the molecule is CCCc1ccc(C#Cc2cc(F)c(-c3cc(F)c(C#CC(F)(F)F)c(F)c3)c(F)c2)c(F)c1. The summed E-state index contributed by atoms with van der Waals surface area (Å²) in [6, 6.07) is 7.00. The zero-order valence-electron chi connectivity index (χ0n) is 17.5. The molecular weight excluding hydrogens is 464 g/mol. The van der Waals surface area contributed by atoms with Crippen LogP contribution in [0.15, 0.2) is 42.5 Å². The van der Waals surface area contributed by atoms with Crippen molar-refractivity contribution in [2.75, 3.05) is 0 Å². The maximum absolute atomic E-state index is 14.6. The van der Waals surface area contributed by atoms with E-state index in [4.69, 9.17) is 0 Å². The Morgan fingerprint density at radius 2 is 1.32 bits per heavy atom. The molecule has 8 heteroatoms. The molecule has 0 amide bonds. The van der Waals surface area contributed by atoms with Crippen molar-refractivity contribution in [1.82, 2.24) is 0 Å². The summed E-state index contributed by atoms with van der Waals surface area (Å²) in [6.45, 7) is 1.94. The molecule has 3 aromatic carbocycles. The van der Waals surface area contributed by atoms with E-state index in [-0.39, 0.29) is 11.1 Å². The summed E-state index contributed by atoms with van der Waals surface area (Å²) in [5, 5.41) is 0. The van der Waals surface area contributed by atoms with Gasteiger partial charge in [0.05, 0.1) is 16.7 Å². The van der Waals surface area contributed by atoms with Crippen LogP contribution in [-0.4, -0.2) is 6.18 Å². The molecule has 0 fully saturated rings. The van der Waals surface area contributed by atoms with Crippen LogP contribution in [0, 0.1) is 52.8 Å². The predicted molar refractivity (Wildman–Crippen MR) is 111 cm³/mol. The lowest BCUT2D eigenvalue weighted by Gasteiger charge is -2.08. The van der Waals surface area contributed by atoms with E-state index in [9.17, 15) is 35.1 Å². The number of rotatable bonds is 3. The predicted octanol–water partition coefficient (Wildman–Crippen LogP) is 7.32. The fourth-order valence-electron chi connectivity index (χ4n) is 3.14. The highest BCUT2D eigenvalue weighted by atomic mass is 19.4. The van der Waals surface area contributed by atoms with E-state index in [0.29, 0.717) is 18.6 Å². The van der Waals surface area contributed by atoms with Gasteiger partial charge in [0.25, 0.3) is 0 Å². The lowest BCUT2D eigenvalue weighted by atomic mass is 10.00. The van der Waals surface area contributed by atoms with Crippen LogP contribution in [0.2, 0.25) is 0 Å². The smallest absolute Gasteiger partial charge is 0.206 e. The first kappa shape index (κ1) is 24.9. The molecule has 0 nitrogen and oxygen atoms in total. The van der Waals surface area contributed by atoms with Gasteiger partial charge in [-0.05, 0) is 53.9 Å². The quantitative estimate of drug-likeness (QED) is 0.274. The van der Waals surface area contributed by atoms with Crippen LogP contribution in [0.3, 0.4) is 0 Å². The molecule has 0 saturated heterocycles. The van der Waals surface area contributed by atoms with Crippen molar-refractivity contribution in [2.24, 2.45) is 0 Å². The summed E-state index contributed by atoms with van der Waals surface area (Å²) < 4.78 is 108. The van der Waals surface area contributed by atoms with Gasteiger partial charge >= 0.3 is 6.18 Å². The molecule has 0 aliphatic heterocycles. The van der Waals surface area contributed by atoms with E-state index in [1.54, 1.807) is 6.07 Å². The normalized spacial score (nSPS) is 10.9. The second-order valence-electron chi connectivity index (χ2n) is 7.19. The maximum atomic E-state index is 14.6. The van der Waals surface area contributed by atoms with Crippen LogP contribution < -0.4 is 0 Å². The minimum Gasteiger partial charge on any atom is -0.206 e. The van der Waals surface area contributed by atoms with E-state index in [1.807, 2.05) is 6.92 Å². The Morgan fingerprint density at radius 1 is 0.706 bits per heavy atom. The van der Waals surface area contributed by atoms with Gasteiger partial charge in [0, 0.05) is 11.5 Å². The Bertz CT molecular complexity index is 1320. The van der Waals surface area contributed by atoms with Crippen molar-refractivity contribution in [1.29, 1.82) is 0 Å². The molecule has 0 unspecified atom stereocenters. The molecule has 34 heavy (non-hydrogen) atoms. The number of halogens is 8. The van der Waals surface area contributed by atoms with Crippen LogP contribution in [0.1, 0.15) is 35.6 Å². The van der Waals surface area contributed by atoms with Gasteiger partial charge in [-0.1, -0.05) is 37.2 Å². The molecule has 0 heterocycles. The van der Waals surface area contributed by atoms with E-state index in [2.05, 4.69) is 11.8 Å². The molecule has 0 spiro atoms. The minimum absolute atomic E-state index is 0.0180. The van der Waals surface area contributed by atoms with E-state index in [0.717, 1.165) is 30.0 Å². The Kier molecular flexibility index (Phi) is 7.32. The van der Waals surface area contributed by atoms with Crippen molar-refractivity contribution in [3.05, 3.63) is 93.8 Å². The molecule has 3 rings (SSSR count). The summed E-state index contributed by atoms with van der Waals surface area (Å²) >= 11 is 0. The average Bonchev–Trinajstić information content (AvgIpc) is 2.71. The Labute approximate surface area is 190 Å². The molecule has 0 aliphatic carbocycles. The first-order valence-corrected chi connectivity index (χ1v) is 9.87. The first-order chi connectivity index (χ1) is 16.0. The third-order valence-electron chi connectivity index (χ3n) is 4.62. The summed E-state index contributed by atoms with van der Waals surface area (Å²) in [5.74, 6) is 0.892. The topological polar surface area (TPSA) is 0 Å². The largest absolute Gasteiger partial charge is 0.458 e. The molecule has 3 aromatic rings. The van der Waals surface area contributed by atoms with Crippen LogP contribution in [-0.2, 0) is 6.42 Å². The van der Waals surface area contributed by atoms with Gasteiger partial charge in [-0.25, -0.2) is 22.0 Å². The zero-order valence-corrected chi connectivity index (χ0v) is 17.5. The summed E-state index contributed by atoms with van der Waals surface area (Å²) in [6.07, 6.45) is -3.47. The molecule has 0 aromatic heterocycles. The number of hydrogen-bond donors (Lipinski definition) is 0. The van der Waals surface area contributed by atoms with Gasteiger partial charge in [0.15, 0.2) is 0 Å². The van der Waals surface area contributed by atoms with Gasteiger partial charge in [0.1, 0.15) is 29.1 Å². The van der Waals surface area contributed by atoms with Gasteiger partial charge in [-0.15, -0.1) is 0 Å². The van der Waals surface area contributed by atoms with E-state index in [1.165, 1.54) is 18.1 Å². The second kappa shape index (κ2) is 10.0. The highest BCUT2D eigenvalue weighted by molar-refractivity contribution is 5.67. The van der Waals surface area contributed by atoms with Crippen molar-refractivity contribution in [3.63, 3.8) is 0 Å². The van der Waals surface area contributed by atoms with Crippen LogP contribution in [0.4, 0.5) is 35.1 Å². The Hall–Kier alpha value is -3.78. The first-order valence-electron chi connectivity index (χ1n) is 9.87. The average molecular weight is 478 g/mol. The van der Waals surface area contributed by atoms with Crippen molar-refractivity contribution < 1.29 is 35.1 Å². The van der Waals surface area contributed by atoms with Crippen LogP contribution >= 0.6 is 0 Å². The second-order valence-corrected chi connectivity index (χ2v) is 7.19. The van der Waals surface area contributed by atoms with E-state index < -0.39 is 52.0 Å². The molecule has 0 aliphatic rings. The standard InChI is InChI=1S/C26H14F8/c1-2-3-15-4-6-17(20(27)10-15)7-5-16-11-23(30)25(24(31)12-16)18-13-21(28)19(22(29)14-18)8-9-26(32,33)34/h4,6,10-14H,2-3H2,1H3. The highest BCUT2D eigenvalue weighted by Crippen LogP contribution is 2.30. The fourth-order valence-corrected chi connectivity index (χ4v) is 3.14. The van der Waals surface area contributed by atoms with Crippen molar-refractivity contribution in [2.45, 2.75) is 25.9 Å². The molecule has 0 N–H and O–H groups in total. The number of hydrogen-bond acceptors (Lipinski definition) is 0. The summed E-state index contributed by atoms with van der Waals surface area (Å²) in [5.41, 5.74) is -1.94. The third kappa shape index (κ3) is 5.96. The Morgan fingerprint density at radius 3 is 1.85 bits per heavy atom. The number of alkyl halides is 3. The third-order valence-corrected chi connectivity index (χ3v) is 4.62. The van der Waals surface area contributed by atoms with Gasteiger partial charge in [-0.3, -0.25) is 0 Å². The molecule has 0 saturated carbocycles. The van der Waals surface area contributed by atoms with Gasteiger partial charge in [-0.2, -0.15) is 13.2 Å². The number of benzene rings is 3. The maximum Gasteiger partial charge on any atom is 0.458 e. The van der Waals surface area contributed by atoms with Gasteiger partial charge < -0.3 is 0 Å². The monoisotopic (exact) mass is 478 g/mol. The van der Waals surface area contributed by atoms with Crippen LogP contribution in [0.5, 0.6) is 0 Å². The molecule has 0 atom stereocenters. The van der Waals surface area contributed by atoms with Crippen molar-refractivity contribution in [3.8, 4) is 34.8 Å². The molecular formula is C26H14F8. The lowest BCUT2D eigenvalue weighted by molar-refractivity contribution is -0.0696. The summed E-state index contributed by atoms with van der Waals surface area (Å²) in [4.78, 5) is 0. The molecule has 0 radical (unpaired) electrons. The molecule has 0 bridgehead atoms. The van der Waals surface area contributed by atoms with E-state index >= 15 is 0 Å². The minimum atomic E-state index is -4.98. The van der Waals surface area contributed by atoms with Gasteiger partial charge in [0.2, 0.25) is 0 Å². The summed E-state index contributed by atoms with van der Waals surface area (Å²) in [7, 11) is 0. The lowest BCUT2D eigenvalue weighted by Crippen LogP contribution is -2.03. The number of aryl methyl sites for hydroxylation is 1. The van der Waals surface area contributed by atoms with Crippen molar-refractivity contribution >= 4 is 0 Å². The molecule has 174 valence electrons.